The molecule has 7 aliphatic rings. The van der Waals surface area contributed by atoms with Crippen LogP contribution < -0.4 is 85.7 Å². The average Bonchev–Trinajstić information content (AvgIpc) is 4.06. The minimum absolute atomic E-state index is 0. The molecule has 16 N–H and O–H groups in total. The van der Waals surface area contributed by atoms with Crippen molar-refractivity contribution >= 4 is 6.34 Å². The van der Waals surface area contributed by atoms with Gasteiger partial charge in [0.05, 0.1) is 48.7 Å². The van der Waals surface area contributed by atoms with E-state index in [-0.39, 0.29) is 74.3 Å². The highest BCUT2D eigenvalue weighted by atomic mass is 15.6. The van der Waals surface area contributed by atoms with Crippen LogP contribution in [0.2, 0.25) is 0 Å². The van der Waals surface area contributed by atoms with Crippen molar-refractivity contribution in [2.45, 2.75) is 226 Å². The molecule has 0 aromatic heterocycles. The van der Waals surface area contributed by atoms with Crippen LogP contribution in [0, 0.1) is 41.4 Å². The number of hydrazine groups is 3. The van der Waals surface area contributed by atoms with Gasteiger partial charge in [0.25, 0.3) is 0 Å². The lowest BCUT2D eigenvalue weighted by Crippen LogP contribution is -2.43. The van der Waals surface area contributed by atoms with E-state index in [0.29, 0.717) is 18.3 Å². The van der Waals surface area contributed by atoms with Crippen LogP contribution in [0.4, 0.5) is 0 Å². The lowest BCUT2D eigenvalue weighted by Gasteiger charge is -2.21. The summed E-state index contributed by atoms with van der Waals surface area (Å²) in [7, 11) is 0. The summed E-state index contributed by atoms with van der Waals surface area (Å²) in [5, 5.41) is 31.6. The monoisotopic (exact) mass is 1270 g/mol. The van der Waals surface area contributed by atoms with Gasteiger partial charge in [-0.1, -0.05) is 299 Å². The fraction of sp³-hybridized carbons (Fsp3) is 0.569. The summed E-state index contributed by atoms with van der Waals surface area (Å²) >= 11 is 0. The van der Waals surface area contributed by atoms with Crippen LogP contribution in [-0.4, -0.2) is 19.6 Å². The molecule has 3 fully saturated rings. The summed E-state index contributed by atoms with van der Waals surface area (Å²) in [5.41, 5.74) is 18.4. The minimum Gasteiger partial charge on any atom is -0.355 e. The Bertz CT molecular complexity index is 1650. The predicted molar refractivity (Wildman–Crippen MR) is 421 cm³/mol. The largest absolute Gasteiger partial charge is 0.355 e. The fourth-order valence-corrected chi connectivity index (χ4v) is 3.25. The Labute approximate surface area is 560 Å². The summed E-state index contributed by atoms with van der Waals surface area (Å²) in [6, 6.07) is 0. The maximum absolute atomic E-state index is 3.78. The van der Waals surface area contributed by atoms with Crippen molar-refractivity contribution in [2.75, 3.05) is 13.2 Å². The number of nitrogens with one attached hydrogen (secondary N) is 16. The molecule has 3 saturated heterocycles. The van der Waals surface area contributed by atoms with Crippen molar-refractivity contribution in [1.82, 2.24) is 85.7 Å². The summed E-state index contributed by atoms with van der Waals surface area (Å²) in [4.78, 5) is 3.78. The Balaban J connectivity index is -0.0000000419. The van der Waals surface area contributed by atoms with Crippen molar-refractivity contribution in [3.63, 3.8) is 0 Å². The van der Waals surface area contributed by atoms with E-state index in [0.717, 1.165) is 112 Å². The van der Waals surface area contributed by atoms with Gasteiger partial charge in [-0.3, -0.25) is 0 Å². The molecule has 0 unspecified atom stereocenters. The minimum atomic E-state index is 0. The highest BCUT2D eigenvalue weighted by Crippen LogP contribution is 2.09. The first-order valence-corrected chi connectivity index (χ1v) is 27.2. The van der Waals surface area contributed by atoms with Crippen LogP contribution in [0.25, 0.3) is 0 Å². The Morgan fingerprint density at radius 3 is 0.831 bits per heavy atom. The van der Waals surface area contributed by atoms with Crippen molar-refractivity contribution in [3.8, 4) is 0 Å². The summed E-state index contributed by atoms with van der Waals surface area (Å²) in [6.07, 6.45) is 13.2. The first kappa shape index (κ1) is 127. The van der Waals surface area contributed by atoms with E-state index in [2.05, 4.69) is 315 Å². The smallest absolute Gasteiger partial charge is 0.125 e. The molecule has 17 nitrogen and oxygen atoms in total. The van der Waals surface area contributed by atoms with Crippen LogP contribution in [0.15, 0.2) is 190 Å². The maximum atomic E-state index is 3.78. The van der Waals surface area contributed by atoms with Gasteiger partial charge in [0.1, 0.15) is 11.6 Å². The molecule has 0 aromatic rings. The van der Waals surface area contributed by atoms with Crippen LogP contribution >= 0.6 is 0 Å². The molecule has 536 valence electrons. The molecule has 0 atom stereocenters. The lowest BCUT2D eigenvalue weighted by atomic mass is 10.2. The molecule has 17 heteroatoms. The highest BCUT2D eigenvalue weighted by molar-refractivity contribution is 5.60. The SMILES string of the molecule is C.C.C.C.C.C.C.C.C.C.C=C1C=CNC(=C)N1.C=C1C=CNN1.C=C1CC(=C)NC(=C)N1.C=C1CNNN1.C=C1N=CNC(=C)N1.C=C1NC=CN1.C=C1NCNC(=C)N1.CC(C)C.CC(C)C.CC(C)C.CC(C)C.CC(C)C.CC(C)C.CC(C)C. The van der Waals surface area contributed by atoms with E-state index >= 15 is 0 Å². The second kappa shape index (κ2) is 87.3. The van der Waals surface area contributed by atoms with Crippen LogP contribution in [-0.2, 0) is 0 Å². The van der Waals surface area contributed by atoms with Gasteiger partial charge in [-0.05, 0) is 53.6 Å². The van der Waals surface area contributed by atoms with Gasteiger partial charge in [0.2, 0.25) is 0 Å². The third-order valence-corrected chi connectivity index (χ3v) is 5.42. The zero-order valence-corrected chi connectivity index (χ0v) is 54.1. The first-order valence-electron chi connectivity index (χ1n) is 27.2. The van der Waals surface area contributed by atoms with Gasteiger partial charge in [0, 0.05) is 59.7 Å². The lowest BCUT2D eigenvalue weighted by molar-refractivity contribution is 0.585. The zero-order chi connectivity index (χ0) is 63.1. The molecule has 7 heterocycles. The molecule has 7 rings (SSSR count). The van der Waals surface area contributed by atoms with E-state index in [1.54, 1.807) is 31.1 Å². The molecule has 7 aliphatic heterocycles. The van der Waals surface area contributed by atoms with Crippen LogP contribution in [0.1, 0.15) is 226 Å². The molecule has 0 bridgehead atoms. The maximum Gasteiger partial charge on any atom is 0.125 e. The summed E-state index contributed by atoms with van der Waals surface area (Å²) in [5.74, 6) is 11.1. The number of aliphatic imine (C=N–C) groups is 1. The van der Waals surface area contributed by atoms with Crippen molar-refractivity contribution in [2.24, 2.45) is 46.4 Å². The topological polar surface area (TPSA) is 205 Å². The van der Waals surface area contributed by atoms with Crippen LogP contribution in [0.3, 0.4) is 0 Å². The zero-order valence-electron chi connectivity index (χ0n) is 54.1. The molecule has 0 radical (unpaired) electrons. The van der Waals surface area contributed by atoms with E-state index in [4.69, 9.17) is 0 Å². The first-order chi connectivity index (χ1) is 36.4. The Morgan fingerprint density at radius 1 is 0.337 bits per heavy atom. The Morgan fingerprint density at radius 2 is 0.674 bits per heavy atom. The molecule has 0 amide bonds. The third kappa shape index (κ3) is 161. The summed E-state index contributed by atoms with van der Waals surface area (Å²) < 4.78 is 0. The Hall–Kier alpha value is -7.11. The third-order valence-electron chi connectivity index (χ3n) is 5.42. The van der Waals surface area contributed by atoms with E-state index < -0.39 is 0 Å². The molecule has 0 aliphatic carbocycles. The van der Waals surface area contributed by atoms with Crippen molar-refractivity contribution < 1.29 is 0 Å². The van der Waals surface area contributed by atoms with Gasteiger partial charge in [-0.2, -0.15) is 5.53 Å². The number of allylic oxidation sites excluding steroid dienone is 2. The number of nitrogens with zero attached hydrogens (tertiary/aromatic N) is 1. The van der Waals surface area contributed by atoms with Crippen LogP contribution in [0.5, 0.6) is 0 Å². The highest BCUT2D eigenvalue weighted by Gasteiger charge is 2.06. The molecular formula is C72H163N17. The predicted octanol–water partition coefficient (Wildman–Crippen LogP) is 18.9. The normalized spacial score (nSPS) is 13.3. The molecule has 0 spiro atoms. The molecule has 89 heavy (non-hydrogen) atoms. The van der Waals surface area contributed by atoms with E-state index in [9.17, 15) is 0 Å². The average molecular weight is 1270 g/mol. The number of hydrogen-bond donors (Lipinski definition) is 16. The second-order valence-corrected chi connectivity index (χ2v) is 22.3. The van der Waals surface area contributed by atoms with Gasteiger partial charge < -0.3 is 74.8 Å². The second-order valence-electron chi connectivity index (χ2n) is 22.3. The molecular weight excluding hydrogens is 1100 g/mol. The molecule has 0 aromatic carbocycles. The quantitative estimate of drug-likeness (QED) is 0.109. The standard InChI is InChI=1S/C7H10N2.C6H8N2.C5H9N3.C5H7N3.2C4H6N2.7C4H10.C3H7N3.10CH4/c1-5-4-6(2)9-7(3)8-5;1-5-3-4-7-6(2)8-5;2*1-4-6-3-7-5(2)8-4;1-4-5-2-3-6-4;1-4-2-3-5-6-4;7*1-4(2)3;1-3-2-4-6-5-3;;;;;;;;;;/h8-9H,1-4H2;3-4,7-8H,1-2H2;6-8H,1-3H2;3,8H,1-2H2,(H,6,7);2*2-3,5-6H,1H2;7*4H,1-3H3;4-6H,1-2H2;10*1H4. The van der Waals surface area contributed by atoms with Gasteiger partial charge in [-0.25, -0.2) is 10.4 Å². The Kier molecular flexibility index (Phi) is 125. The van der Waals surface area contributed by atoms with Gasteiger partial charge in [-0.15, -0.1) is 0 Å². The van der Waals surface area contributed by atoms with E-state index in [1.807, 2.05) is 12.2 Å². The number of hydrogen-bond acceptors (Lipinski definition) is 17. The summed E-state index contributed by atoms with van der Waals surface area (Å²) in [6.45, 7) is 90.7. The van der Waals surface area contributed by atoms with Crippen molar-refractivity contribution in [3.05, 3.63) is 185 Å². The number of rotatable bonds is 0. The van der Waals surface area contributed by atoms with Crippen molar-refractivity contribution in [1.29, 1.82) is 0 Å². The van der Waals surface area contributed by atoms with Gasteiger partial charge >= 0.3 is 0 Å². The molecule has 0 saturated carbocycles. The van der Waals surface area contributed by atoms with E-state index in [1.165, 1.54) is 0 Å². The fourth-order valence-electron chi connectivity index (χ4n) is 3.25. The van der Waals surface area contributed by atoms with Gasteiger partial charge in [0.15, 0.2) is 0 Å².